The highest BCUT2D eigenvalue weighted by Crippen LogP contribution is 2.58. The van der Waals surface area contributed by atoms with Gasteiger partial charge in [-0.15, -0.1) is 0 Å². The Hall–Kier alpha value is -0.293. The normalized spacial score (nSPS) is 27.6. The second kappa shape index (κ2) is 6.59. The summed E-state index contributed by atoms with van der Waals surface area (Å²) in [5, 5.41) is 9.43. The maximum Gasteiger partial charge on any atom is 0.0621 e. The smallest absolute Gasteiger partial charge is 0.0621 e. The van der Waals surface area contributed by atoms with Crippen molar-refractivity contribution >= 4 is 8.07 Å². The van der Waals surface area contributed by atoms with Gasteiger partial charge in [-0.05, 0) is 24.3 Å². The van der Waals surface area contributed by atoms with Crippen LogP contribution in [0.15, 0.2) is 0 Å². The molecule has 1 aliphatic heterocycles. The van der Waals surface area contributed by atoms with E-state index in [-0.39, 0.29) is 0 Å². The molecular weight excluding hydrogens is 222 g/mol. The molecule has 1 rings (SSSR count). The molecule has 0 aromatic heterocycles. The Morgan fingerprint density at radius 2 is 1.88 bits per heavy atom. The highest BCUT2D eigenvalue weighted by Gasteiger charge is 2.49. The third-order valence-corrected chi connectivity index (χ3v) is 12.8. The van der Waals surface area contributed by atoms with E-state index in [1.165, 1.54) is 44.2 Å². The predicted molar refractivity (Wildman–Crippen MR) is 77.8 cm³/mol. The van der Waals surface area contributed by atoms with Gasteiger partial charge in [0.15, 0.2) is 0 Å². The van der Waals surface area contributed by atoms with Gasteiger partial charge in [0.25, 0.3) is 0 Å². The van der Waals surface area contributed by atoms with Gasteiger partial charge in [-0.25, -0.2) is 0 Å². The summed E-state index contributed by atoms with van der Waals surface area (Å²) in [4.78, 5) is 0. The van der Waals surface area contributed by atoms with E-state index < -0.39 is 8.07 Å². The molecule has 1 heterocycles. The third kappa shape index (κ3) is 2.76. The Balaban J connectivity index is 2.86. The summed E-state index contributed by atoms with van der Waals surface area (Å²) in [5.74, 6) is 0. The van der Waals surface area contributed by atoms with Crippen LogP contribution >= 0.6 is 0 Å². The fraction of sp³-hybridized carbons (Fsp3) is 0.933. The average molecular weight is 251 g/mol. The van der Waals surface area contributed by atoms with Gasteiger partial charge in [-0.1, -0.05) is 58.2 Å². The van der Waals surface area contributed by atoms with Crippen LogP contribution in [0.25, 0.3) is 0 Å². The first-order chi connectivity index (χ1) is 8.20. The zero-order valence-electron chi connectivity index (χ0n) is 12.0. The van der Waals surface area contributed by atoms with E-state index in [2.05, 4.69) is 26.8 Å². The first-order valence-corrected chi connectivity index (χ1v) is 10.2. The molecule has 1 atom stereocenters. The molecule has 1 nitrogen and oxygen atoms in total. The van der Waals surface area contributed by atoms with Crippen LogP contribution in [0.4, 0.5) is 0 Å². The van der Waals surface area contributed by atoms with Crippen molar-refractivity contribution in [3.63, 3.8) is 0 Å². The lowest BCUT2D eigenvalue weighted by atomic mass is 9.91. The molecule has 0 bridgehead atoms. The molecule has 0 radical (unpaired) electrons. The lowest BCUT2D eigenvalue weighted by molar-refractivity contribution is 0.387. The number of hydrogen-bond acceptors (Lipinski definition) is 1. The van der Waals surface area contributed by atoms with E-state index in [1.54, 1.807) is 6.04 Å². The van der Waals surface area contributed by atoms with E-state index >= 15 is 0 Å². The van der Waals surface area contributed by atoms with Gasteiger partial charge in [-0.3, -0.25) is 0 Å². The van der Waals surface area contributed by atoms with Gasteiger partial charge in [0, 0.05) is 6.42 Å². The second-order valence-electron chi connectivity index (χ2n) is 5.84. The molecule has 0 amide bonds. The summed E-state index contributed by atoms with van der Waals surface area (Å²) >= 11 is 0. The third-order valence-electron chi connectivity index (χ3n) is 5.66. The number of nitrogens with zero attached hydrogens (tertiary/aromatic N) is 1. The number of unbranched alkanes of at least 4 members (excludes halogenated alkanes) is 1. The number of nitriles is 1. The Labute approximate surface area is 109 Å². The van der Waals surface area contributed by atoms with Crippen LogP contribution in [0.2, 0.25) is 23.2 Å². The molecule has 2 heteroatoms. The molecule has 0 spiro atoms. The van der Waals surface area contributed by atoms with Gasteiger partial charge in [0.2, 0.25) is 0 Å². The summed E-state index contributed by atoms with van der Waals surface area (Å²) in [6.07, 6.45) is 8.99. The zero-order valence-corrected chi connectivity index (χ0v) is 13.0. The summed E-state index contributed by atoms with van der Waals surface area (Å²) in [6, 6.07) is 6.81. The maximum atomic E-state index is 8.76. The largest absolute Gasteiger partial charge is 0.198 e. The van der Waals surface area contributed by atoms with Crippen molar-refractivity contribution in [2.75, 3.05) is 0 Å². The highest BCUT2D eigenvalue weighted by molar-refractivity contribution is 6.82. The highest BCUT2D eigenvalue weighted by atomic mass is 28.3. The van der Waals surface area contributed by atoms with Crippen LogP contribution in [0.5, 0.6) is 0 Å². The topological polar surface area (TPSA) is 23.8 Å². The number of rotatable bonds is 6. The van der Waals surface area contributed by atoms with Gasteiger partial charge in [0.1, 0.15) is 0 Å². The van der Waals surface area contributed by atoms with E-state index in [4.69, 9.17) is 5.26 Å². The molecule has 0 aromatic rings. The molecular formula is C15H29NSi. The van der Waals surface area contributed by atoms with Crippen LogP contribution in [-0.4, -0.2) is 8.07 Å². The van der Waals surface area contributed by atoms with Crippen molar-refractivity contribution < 1.29 is 0 Å². The van der Waals surface area contributed by atoms with E-state index in [0.717, 1.165) is 12.8 Å². The molecule has 0 aliphatic carbocycles. The fourth-order valence-electron chi connectivity index (χ4n) is 4.44. The first kappa shape index (κ1) is 14.8. The monoisotopic (exact) mass is 251 g/mol. The van der Waals surface area contributed by atoms with Crippen LogP contribution in [-0.2, 0) is 0 Å². The summed E-state index contributed by atoms with van der Waals surface area (Å²) < 4.78 is 0. The summed E-state index contributed by atoms with van der Waals surface area (Å²) in [6.45, 7) is 7.29. The molecule has 0 N–H and O–H groups in total. The van der Waals surface area contributed by atoms with Crippen molar-refractivity contribution in [1.82, 2.24) is 0 Å². The predicted octanol–water partition coefficient (Wildman–Crippen LogP) is 5.50. The van der Waals surface area contributed by atoms with Crippen molar-refractivity contribution in [2.24, 2.45) is 0 Å². The molecule has 17 heavy (non-hydrogen) atoms. The molecule has 1 saturated heterocycles. The van der Waals surface area contributed by atoms with Crippen LogP contribution < -0.4 is 0 Å². The molecule has 0 saturated carbocycles. The summed E-state index contributed by atoms with van der Waals surface area (Å²) in [7, 11) is -1.07. The lowest BCUT2D eigenvalue weighted by Gasteiger charge is -2.52. The van der Waals surface area contributed by atoms with Crippen molar-refractivity contribution in [2.45, 2.75) is 88.9 Å². The molecule has 0 aromatic carbocycles. The standard InChI is InChI=1S/C15H29NSi/c1-4-15(11-7-9-13-16)12-8-10-14-17(15,5-2)6-3/h4-12,14H2,1-3H3. The van der Waals surface area contributed by atoms with Crippen LogP contribution in [0.3, 0.4) is 0 Å². The van der Waals surface area contributed by atoms with Gasteiger partial charge in [0.05, 0.1) is 14.1 Å². The molecule has 1 unspecified atom stereocenters. The van der Waals surface area contributed by atoms with Gasteiger partial charge < -0.3 is 0 Å². The van der Waals surface area contributed by atoms with Gasteiger partial charge in [-0.2, -0.15) is 5.26 Å². The number of hydrogen-bond donors (Lipinski definition) is 0. The van der Waals surface area contributed by atoms with Gasteiger partial charge >= 0.3 is 0 Å². The maximum absolute atomic E-state index is 8.76. The fourth-order valence-corrected chi connectivity index (χ4v) is 10.8. The Bertz CT molecular complexity index is 265. The van der Waals surface area contributed by atoms with Crippen molar-refractivity contribution in [3.8, 4) is 6.07 Å². The van der Waals surface area contributed by atoms with Crippen LogP contribution in [0.1, 0.15) is 65.7 Å². The minimum Gasteiger partial charge on any atom is -0.198 e. The quantitative estimate of drug-likeness (QED) is 0.451. The van der Waals surface area contributed by atoms with Crippen molar-refractivity contribution in [3.05, 3.63) is 0 Å². The van der Waals surface area contributed by atoms with E-state index in [0.29, 0.717) is 5.04 Å². The Morgan fingerprint density at radius 3 is 2.41 bits per heavy atom. The minimum atomic E-state index is -1.07. The second-order valence-corrected chi connectivity index (χ2v) is 11.4. The van der Waals surface area contributed by atoms with E-state index in [1.807, 2.05) is 0 Å². The lowest BCUT2D eigenvalue weighted by Crippen LogP contribution is -2.49. The minimum absolute atomic E-state index is 0.672. The zero-order chi connectivity index (χ0) is 12.8. The van der Waals surface area contributed by atoms with Crippen molar-refractivity contribution in [1.29, 1.82) is 5.26 Å². The van der Waals surface area contributed by atoms with Crippen LogP contribution in [0, 0.1) is 11.3 Å². The Kier molecular flexibility index (Phi) is 5.72. The first-order valence-electron chi connectivity index (χ1n) is 7.57. The average Bonchev–Trinajstić information content (AvgIpc) is 2.39. The Morgan fingerprint density at radius 1 is 1.18 bits per heavy atom. The van der Waals surface area contributed by atoms with E-state index in [9.17, 15) is 0 Å². The summed E-state index contributed by atoms with van der Waals surface area (Å²) in [5.41, 5.74) is 0. The molecule has 98 valence electrons. The molecule has 1 fully saturated rings. The SMILES string of the molecule is CCC1(CCCC#N)CCCC[Si]1(CC)CC. The molecule has 1 aliphatic rings.